The van der Waals surface area contributed by atoms with E-state index in [9.17, 15) is 18.0 Å². The number of fused-ring (bicyclic) bond motifs is 1. The smallest absolute Gasteiger partial charge is 0.416 e. The van der Waals surface area contributed by atoms with Gasteiger partial charge in [-0.3, -0.25) is 4.79 Å². The van der Waals surface area contributed by atoms with Gasteiger partial charge in [-0.2, -0.15) is 13.2 Å². The first-order valence-corrected chi connectivity index (χ1v) is 13.6. The number of benzene rings is 2. The SMILES string of the molecule is COCCC1CCC1C(=O)NCCn1ccc2ncnc(Nc3ccc(Oc4cccc(C(F)(F)F)c4)c(Cl)c3)c21. The van der Waals surface area contributed by atoms with E-state index >= 15 is 0 Å². The number of rotatable bonds is 11. The van der Waals surface area contributed by atoms with Crippen molar-refractivity contribution in [2.45, 2.75) is 32.0 Å². The Bertz CT molecular complexity index is 1530. The molecule has 2 heterocycles. The summed E-state index contributed by atoms with van der Waals surface area (Å²) in [5.41, 5.74) is 1.26. The lowest BCUT2D eigenvalue weighted by Gasteiger charge is -2.35. The minimum Gasteiger partial charge on any atom is -0.456 e. The van der Waals surface area contributed by atoms with Crippen molar-refractivity contribution in [1.29, 1.82) is 0 Å². The van der Waals surface area contributed by atoms with Gasteiger partial charge in [0, 0.05) is 44.6 Å². The average molecular weight is 588 g/mol. The van der Waals surface area contributed by atoms with Gasteiger partial charge in [0.25, 0.3) is 0 Å². The third-order valence-corrected chi connectivity index (χ3v) is 7.53. The molecule has 1 fully saturated rings. The van der Waals surface area contributed by atoms with Gasteiger partial charge in [0.2, 0.25) is 5.91 Å². The first kappa shape index (κ1) is 28.7. The highest BCUT2D eigenvalue weighted by molar-refractivity contribution is 6.32. The quantitative estimate of drug-likeness (QED) is 0.200. The van der Waals surface area contributed by atoms with Crippen molar-refractivity contribution in [2.75, 3.05) is 25.6 Å². The Morgan fingerprint density at radius 1 is 1.15 bits per heavy atom. The molecule has 12 heteroatoms. The summed E-state index contributed by atoms with van der Waals surface area (Å²) in [5, 5.41) is 6.49. The minimum atomic E-state index is -4.48. The van der Waals surface area contributed by atoms with Gasteiger partial charge in [0.15, 0.2) is 5.82 Å². The maximum atomic E-state index is 13.0. The molecule has 0 aliphatic heterocycles. The number of nitrogens with zero attached hydrogens (tertiary/aromatic N) is 3. The van der Waals surface area contributed by atoms with Crippen LogP contribution in [0, 0.1) is 11.8 Å². The first-order chi connectivity index (χ1) is 19.7. The third kappa shape index (κ3) is 6.74. The summed E-state index contributed by atoms with van der Waals surface area (Å²) in [6.45, 7) is 1.64. The molecule has 5 rings (SSSR count). The molecule has 4 aromatic rings. The van der Waals surface area contributed by atoms with Crippen molar-refractivity contribution in [3.05, 3.63) is 71.6 Å². The van der Waals surface area contributed by atoms with E-state index in [0.29, 0.717) is 37.1 Å². The molecule has 2 N–H and O–H groups in total. The highest BCUT2D eigenvalue weighted by Crippen LogP contribution is 2.38. The monoisotopic (exact) mass is 587 g/mol. The largest absolute Gasteiger partial charge is 0.456 e. The molecule has 1 amide bonds. The standard InChI is InChI=1S/C29H29ClF3N5O3/c1-40-14-10-18-5-7-22(18)28(39)34-11-13-38-12-9-24-26(38)27(36-17-35-24)37-20-6-8-25(23(30)16-20)41-21-4-2-3-19(15-21)29(31,32)33/h2-4,6,8-9,12,15-18,22H,5,7,10-11,13-14H2,1H3,(H,34,39)(H,35,36,37). The molecule has 0 radical (unpaired) electrons. The van der Waals surface area contributed by atoms with E-state index < -0.39 is 11.7 Å². The highest BCUT2D eigenvalue weighted by Gasteiger charge is 2.35. The number of alkyl halides is 3. The predicted octanol–water partition coefficient (Wildman–Crippen LogP) is 6.82. The Labute approximate surface area is 239 Å². The van der Waals surface area contributed by atoms with E-state index in [2.05, 4.69) is 20.6 Å². The Morgan fingerprint density at radius 2 is 2.00 bits per heavy atom. The summed E-state index contributed by atoms with van der Waals surface area (Å²) in [7, 11) is 1.67. The molecule has 2 aromatic heterocycles. The maximum absolute atomic E-state index is 13.0. The highest BCUT2D eigenvalue weighted by atomic mass is 35.5. The molecule has 0 spiro atoms. The molecule has 2 aromatic carbocycles. The lowest BCUT2D eigenvalue weighted by molar-refractivity contribution is -0.137. The number of aromatic nitrogens is 3. The first-order valence-electron chi connectivity index (χ1n) is 13.2. The molecule has 2 atom stereocenters. The predicted molar refractivity (Wildman–Crippen MR) is 149 cm³/mol. The number of ether oxygens (including phenoxy) is 2. The summed E-state index contributed by atoms with van der Waals surface area (Å²) in [6, 6.07) is 11.3. The zero-order chi connectivity index (χ0) is 29.0. The van der Waals surface area contributed by atoms with E-state index in [1.807, 2.05) is 16.8 Å². The van der Waals surface area contributed by atoms with Crippen molar-refractivity contribution < 1.29 is 27.4 Å². The molecule has 8 nitrogen and oxygen atoms in total. The van der Waals surface area contributed by atoms with E-state index in [1.165, 1.54) is 18.5 Å². The summed E-state index contributed by atoms with van der Waals surface area (Å²) in [5.74, 6) is 1.25. The van der Waals surface area contributed by atoms with Crippen LogP contribution in [0.25, 0.3) is 11.0 Å². The summed E-state index contributed by atoms with van der Waals surface area (Å²) in [4.78, 5) is 21.4. The lowest BCUT2D eigenvalue weighted by Crippen LogP contribution is -2.42. The van der Waals surface area contributed by atoms with E-state index in [4.69, 9.17) is 21.1 Å². The number of hydrogen-bond donors (Lipinski definition) is 2. The maximum Gasteiger partial charge on any atom is 0.416 e. The van der Waals surface area contributed by atoms with E-state index in [0.717, 1.165) is 42.4 Å². The van der Waals surface area contributed by atoms with Gasteiger partial charge in [0.05, 0.1) is 16.1 Å². The van der Waals surface area contributed by atoms with Crippen molar-refractivity contribution in [3.63, 3.8) is 0 Å². The van der Waals surface area contributed by atoms with E-state index in [-0.39, 0.29) is 28.3 Å². The van der Waals surface area contributed by atoms with Gasteiger partial charge in [-0.05, 0) is 67.6 Å². The van der Waals surface area contributed by atoms with Crippen LogP contribution in [-0.2, 0) is 22.3 Å². The number of carbonyl (C=O) groups is 1. The molecule has 2 unspecified atom stereocenters. The van der Waals surface area contributed by atoms with Crippen molar-refractivity contribution in [3.8, 4) is 11.5 Å². The molecule has 1 aliphatic carbocycles. The summed E-state index contributed by atoms with van der Waals surface area (Å²) >= 11 is 6.41. The molecular weight excluding hydrogens is 559 g/mol. The van der Waals surface area contributed by atoms with Gasteiger partial charge in [-0.1, -0.05) is 17.7 Å². The van der Waals surface area contributed by atoms with Gasteiger partial charge < -0.3 is 24.7 Å². The zero-order valence-electron chi connectivity index (χ0n) is 22.2. The molecule has 41 heavy (non-hydrogen) atoms. The second-order valence-corrected chi connectivity index (χ2v) is 10.3. The molecule has 0 saturated heterocycles. The van der Waals surface area contributed by atoms with Gasteiger partial charge in [-0.25, -0.2) is 9.97 Å². The van der Waals surface area contributed by atoms with Gasteiger partial charge in [-0.15, -0.1) is 0 Å². The Hall–Kier alpha value is -3.83. The van der Waals surface area contributed by atoms with Gasteiger partial charge >= 0.3 is 6.18 Å². The summed E-state index contributed by atoms with van der Waals surface area (Å²) in [6.07, 6.45) is 1.71. The number of nitrogens with one attached hydrogen (secondary N) is 2. The Balaban J connectivity index is 1.24. The Kier molecular flexibility index (Phi) is 8.65. The van der Waals surface area contributed by atoms with Crippen molar-refractivity contribution >= 4 is 40.0 Å². The molecule has 0 bridgehead atoms. The normalized spacial score (nSPS) is 16.8. The van der Waals surface area contributed by atoms with E-state index in [1.54, 1.807) is 25.3 Å². The van der Waals surface area contributed by atoms with Crippen LogP contribution in [-0.4, -0.2) is 40.7 Å². The zero-order valence-corrected chi connectivity index (χ0v) is 23.0. The number of halogens is 4. The van der Waals surface area contributed by atoms with Crippen LogP contribution in [0.1, 0.15) is 24.8 Å². The van der Waals surface area contributed by atoms with Crippen LogP contribution >= 0.6 is 11.6 Å². The number of carbonyl (C=O) groups excluding carboxylic acids is 1. The number of methoxy groups -OCH3 is 1. The van der Waals surface area contributed by atoms with Crippen LogP contribution in [0.3, 0.4) is 0 Å². The number of amides is 1. The fourth-order valence-electron chi connectivity index (χ4n) is 4.93. The third-order valence-electron chi connectivity index (χ3n) is 7.23. The van der Waals surface area contributed by atoms with Gasteiger partial charge in [0.1, 0.15) is 23.3 Å². The fraction of sp³-hybridized carbons (Fsp3) is 0.345. The van der Waals surface area contributed by atoms with Crippen molar-refractivity contribution in [2.24, 2.45) is 11.8 Å². The molecule has 1 aliphatic rings. The van der Waals surface area contributed by atoms with Crippen LogP contribution in [0.15, 0.2) is 61.1 Å². The number of hydrogen-bond acceptors (Lipinski definition) is 6. The lowest BCUT2D eigenvalue weighted by atomic mass is 9.71. The fourth-order valence-corrected chi connectivity index (χ4v) is 5.15. The second-order valence-electron chi connectivity index (χ2n) is 9.88. The second kappa shape index (κ2) is 12.4. The van der Waals surface area contributed by atoms with Crippen LogP contribution in [0.4, 0.5) is 24.7 Å². The van der Waals surface area contributed by atoms with Crippen LogP contribution in [0.5, 0.6) is 11.5 Å². The number of anilines is 2. The average Bonchev–Trinajstić information content (AvgIpc) is 3.33. The Morgan fingerprint density at radius 3 is 2.73 bits per heavy atom. The molecule has 1 saturated carbocycles. The van der Waals surface area contributed by atoms with Crippen molar-refractivity contribution in [1.82, 2.24) is 19.9 Å². The van der Waals surface area contributed by atoms with Crippen LogP contribution in [0.2, 0.25) is 5.02 Å². The molecular formula is C29H29ClF3N5O3. The topological polar surface area (TPSA) is 90.3 Å². The minimum absolute atomic E-state index is 0.0210. The summed E-state index contributed by atoms with van der Waals surface area (Å²) < 4.78 is 51.9. The van der Waals surface area contributed by atoms with Crippen LogP contribution < -0.4 is 15.4 Å². The molecule has 216 valence electrons.